The van der Waals surface area contributed by atoms with E-state index in [0.717, 1.165) is 30.4 Å². The van der Waals surface area contributed by atoms with Gasteiger partial charge in [0.1, 0.15) is 11.4 Å². The van der Waals surface area contributed by atoms with Gasteiger partial charge in [-0.05, 0) is 30.7 Å². The van der Waals surface area contributed by atoms with Crippen LogP contribution in [0.5, 0.6) is 0 Å². The van der Waals surface area contributed by atoms with Crippen LogP contribution in [0.3, 0.4) is 0 Å². The lowest BCUT2D eigenvalue weighted by Gasteiger charge is -2.22. The maximum Gasteiger partial charge on any atom is 0.340 e. The molecule has 1 heterocycles. The zero-order valence-electron chi connectivity index (χ0n) is 10.7. The average Bonchev–Trinajstić information content (AvgIpc) is 2.39. The Bertz CT molecular complexity index is 518. The van der Waals surface area contributed by atoms with Crippen LogP contribution < -0.4 is 10.6 Å². The molecule has 0 radical (unpaired) electrons. The Hall–Kier alpha value is -1.76. The Balaban J connectivity index is 2.04. The summed E-state index contributed by atoms with van der Waals surface area (Å²) in [4.78, 5) is 22.8. The van der Waals surface area contributed by atoms with Crippen LogP contribution in [0.1, 0.15) is 23.2 Å². The van der Waals surface area contributed by atoms with Crippen LogP contribution in [0.15, 0.2) is 18.2 Å². The van der Waals surface area contributed by atoms with E-state index < -0.39 is 23.4 Å². The molecule has 1 aromatic carbocycles. The van der Waals surface area contributed by atoms with Gasteiger partial charge in [-0.15, -0.1) is 0 Å². The second-order valence-corrected chi connectivity index (χ2v) is 5.63. The van der Waals surface area contributed by atoms with Crippen LogP contribution in [-0.2, 0) is 0 Å². The monoisotopic (exact) mass is 298 g/mol. The quantitative estimate of drug-likeness (QED) is 0.801. The number of hydrogen-bond donors (Lipinski definition) is 3. The average molecular weight is 298 g/mol. The van der Waals surface area contributed by atoms with E-state index in [2.05, 4.69) is 10.6 Å². The normalized spacial score (nSPS) is 18.4. The Morgan fingerprint density at radius 3 is 2.85 bits per heavy atom. The molecule has 7 heteroatoms. The lowest BCUT2D eigenvalue weighted by Crippen LogP contribution is -2.41. The summed E-state index contributed by atoms with van der Waals surface area (Å²) in [6.45, 7) is 0. The molecule has 0 aromatic heterocycles. The number of aromatic carboxylic acids is 1. The van der Waals surface area contributed by atoms with Crippen LogP contribution in [-0.4, -0.2) is 34.7 Å². The molecule has 0 spiro atoms. The summed E-state index contributed by atoms with van der Waals surface area (Å²) >= 11 is 1.77. The molecule has 20 heavy (non-hydrogen) atoms. The number of benzene rings is 1. The highest BCUT2D eigenvalue weighted by molar-refractivity contribution is 7.99. The number of rotatable bonds is 3. The maximum atomic E-state index is 13.5. The van der Waals surface area contributed by atoms with Gasteiger partial charge in [0.15, 0.2) is 0 Å². The molecule has 0 aliphatic carbocycles. The SMILES string of the molecule is O=C(Nc1cccc(F)c1C(=O)O)NC1CCCSC1. The number of hydrogen-bond acceptors (Lipinski definition) is 3. The predicted octanol–water partition coefficient (Wildman–Crippen LogP) is 2.54. The Morgan fingerprint density at radius 1 is 1.40 bits per heavy atom. The van der Waals surface area contributed by atoms with Gasteiger partial charge in [-0.1, -0.05) is 6.07 Å². The highest BCUT2D eigenvalue weighted by Gasteiger charge is 2.19. The van der Waals surface area contributed by atoms with Crippen LogP contribution in [0.4, 0.5) is 14.9 Å². The molecule has 0 saturated carbocycles. The molecule has 0 bridgehead atoms. The molecule has 1 saturated heterocycles. The van der Waals surface area contributed by atoms with Gasteiger partial charge in [-0.25, -0.2) is 14.0 Å². The van der Waals surface area contributed by atoms with E-state index in [4.69, 9.17) is 5.11 Å². The summed E-state index contributed by atoms with van der Waals surface area (Å²) in [5, 5.41) is 14.1. The maximum absolute atomic E-state index is 13.5. The fourth-order valence-electron chi connectivity index (χ4n) is 2.04. The summed E-state index contributed by atoms with van der Waals surface area (Å²) in [7, 11) is 0. The van der Waals surface area contributed by atoms with E-state index >= 15 is 0 Å². The van der Waals surface area contributed by atoms with Gasteiger partial charge in [0.05, 0.1) is 5.69 Å². The molecular formula is C13H15FN2O3S. The van der Waals surface area contributed by atoms with Crippen LogP contribution in [0, 0.1) is 5.82 Å². The number of anilines is 1. The second-order valence-electron chi connectivity index (χ2n) is 4.48. The molecule has 1 unspecified atom stereocenters. The first kappa shape index (κ1) is 14.6. The Labute approximate surface area is 119 Å². The number of urea groups is 1. The molecular weight excluding hydrogens is 283 g/mol. The largest absolute Gasteiger partial charge is 0.478 e. The van der Waals surface area contributed by atoms with Gasteiger partial charge < -0.3 is 15.7 Å². The minimum atomic E-state index is -1.41. The standard InChI is InChI=1S/C13H15FN2O3S/c14-9-4-1-5-10(11(9)12(17)18)16-13(19)15-8-3-2-6-20-7-8/h1,4-5,8H,2-3,6-7H2,(H,17,18)(H2,15,16,19). The molecule has 1 aliphatic heterocycles. The fraction of sp³-hybridized carbons (Fsp3) is 0.385. The third-order valence-electron chi connectivity index (χ3n) is 2.97. The summed E-state index contributed by atoms with van der Waals surface area (Å²) in [6, 6.07) is 3.32. The van der Waals surface area contributed by atoms with E-state index in [1.165, 1.54) is 12.1 Å². The third kappa shape index (κ3) is 3.63. The minimum absolute atomic E-state index is 0.0431. The number of carbonyl (C=O) groups excluding carboxylic acids is 1. The first-order valence-electron chi connectivity index (χ1n) is 6.25. The molecule has 108 valence electrons. The summed E-state index contributed by atoms with van der Waals surface area (Å²) < 4.78 is 13.5. The highest BCUT2D eigenvalue weighted by Crippen LogP contribution is 2.20. The van der Waals surface area contributed by atoms with E-state index in [9.17, 15) is 14.0 Å². The topological polar surface area (TPSA) is 78.4 Å². The Kier molecular flexibility index (Phi) is 4.84. The smallest absolute Gasteiger partial charge is 0.340 e. The van der Waals surface area contributed by atoms with Crippen LogP contribution >= 0.6 is 11.8 Å². The van der Waals surface area contributed by atoms with Crippen molar-refractivity contribution in [1.29, 1.82) is 0 Å². The van der Waals surface area contributed by atoms with Crippen molar-refractivity contribution in [3.63, 3.8) is 0 Å². The molecule has 5 nitrogen and oxygen atoms in total. The van der Waals surface area contributed by atoms with Gasteiger partial charge in [0, 0.05) is 11.8 Å². The zero-order valence-corrected chi connectivity index (χ0v) is 11.5. The van der Waals surface area contributed by atoms with E-state index in [-0.39, 0.29) is 11.7 Å². The molecule has 1 fully saturated rings. The fourth-order valence-corrected chi connectivity index (χ4v) is 3.12. The predicted molar refractivity (Wildman–Crippen MR) is 75.9 cm³/mol. The van der Waals surface area contributed by atoms with Gasteiger partial charge in [0.25, 0.3) is 0 Å². The molecule has 2 amide bonds. The highest BCUT2D eigenvalue weighted by atomic mass is 32.2. The van der Waals surface area contributed by atoms with Gasteiger partial charge in [-0.2, -0.15) is 11.8 Å². The van der Waals surface area contributed by atoms with E-state index in [1.807, 2.05) is 0 Å². The lowest BCUT2D eigenvalue weighted by molar-refractivity contribution is 0.0693. The van der Waals surface area contributed by atoms with E-state index in [0.29, 0.717) is 0 Å². The Morgan fingerprint density at radius 2 is 2.20 bits per heavy atom. The number of thioether (sulfide) groups is 1. The van der Waals surface area contributed by atoms with E-state index in [1.54, 1.807) is 11.8 Å². The summed E-state index contributed by atoms with van der Waals surface area (Å²) in [6.07, 6.45) is 1.94. The van der Waals surface area contributed by atoms with Gasteiger partial charge in [0.2, 0.25) is 0 Å². The zero-order chi connectivity index (χ0) is 14.5. The number of amides is 2. The molecule has 1 aromatic rings. The van der Waals surface area contributed by atoms with Crippen molar-refractivity contribution >= 4 is 29.4 Å². The molecule has 1 aliphatic rings. The van der Waals surface area contributed by atoms with Gasteiger partial charge in [-0.3, -0.25) is 0 Å². The minimum Gasteiger partial charge on any atom is -0.478 e. The number of halogens is 1. The van der Waals surface area contributed by atoms with Crippen molar-refractivity contribution in [1.82, 2.24) is 5.32 Å². The summed E-state index contributed by atoms with van der Waals surface area (Å²) in [5.41, 5.74) is -0.570. The first-order valence-corrected chi connectivity index (χ1v) is 7.40. The van der Waals surface area contributed by atoms with Crippen molar-refractivity contribution < 1.29 is 19.1 Å². The second kappa shape index (κ2) is 6.60. The number of carbonyl (C=O) groups is 2. The van der Waals surface area contributed by atoms with Crippen molar-refractivity contribution in [3.05, 3.63) is 29.6 Å². The van der Waals surface area contributed by atoms with Crippen LogP contribution in [0.25, 0.3) is 0 Å². The van der Waals surface area contributed by atoms with Crippen molar-refractivity contribution in [2.24, 2.45) is 0 Å². The molecule has 1 atom stereocenters. The van der Waals surface area contributed by atoms with Crippen molar-refractivity contribution in [3.8, 4) is 0 Å². The van der Waals surface area contributed by atoms with Gasteiger partial charge >= 0.3 is 12.0 Å². The number of nitrogens with one attached hydrogen (secondary N) is 2. The summed E-state index contributed by atoms with van der Waals surface area (Å²) in [5.74, 6) is -0.356. The number of carboxylic acids is 1. The van der Waals surface area contributed by atoms with Crippen LogP contribution in [0.2, 0.25) is 0 Å². The van der Waals surface area contributed by atoms with Crippen molar-refractivity contribution in [2.45, 2.75) is 18.9 Å². The van der Waals surface area contributed by atoms with Crippen molar-refractivity contribution in [2.75, 3.05) is 16.8 Å². The number of carboxylic acid groups (broad SMARTS) is 1. The third-order valence-corrected chi connectivity index (χ3v) is 4.19. The molecule has 2 rings (SSSR count). The lowest BCUT2D eigenvalue weighted by atomic mass is 10.1. The molecule has 3 N–H and O–H groups in total. The first-order chi connectivity index (χ1) is 9.58.